The molecule has 0 spiro atoms. The number of hydrogen-bond acceptors (Lipinski definition) is 2. The van der Waals surface area contributed by atoms with Gasteiger partial charge in [0.15, 0.2) is 5.96 Å². The average Bonchev–Trinajstić information content (AvgIpc) is 2.44. The molecule has 0 aliphatic heterocycles. The van der Waals surface area contributed by atoms with Gasteiger partial charge in [0.1, 0.15) is 11.6 Å². The van der Waals surface area contributed by atoms with Gasteiger partial charge < -0.3 is 10.6 Å². The largest absolute Gasteiger partial charge is 0.401 e. The molecule has 130 valence electrons. The van der Waals surface area contributed by atoms with E-state index in [0.29, 0.717) is 0 Å². The lowest BCUT2D eigenvalue weighted by Crippen LogP contribution is -2.42. The van der Waals surface area contributed by atoms with Crippen molar-refractivity contribution in [1.29, 1.82) is 0 Å². The van der Waals surface area contributed by atoms with Crippen LogP contribution in [0.1, 0.15) is 5.56 Å². The second kappa shape index (κ2) is 8.66. The van der Waals surface area contributed by atoms with Crippen LogP contribution in [0.15, 0.2) is 23.2 Å². The van der Waals surface area contributed by atoms with Gasteiger partial charge in [-0.3, -0.25) is 9.89 Å². The highest BCUT2D eigenvalue weighted by atomic mass is 19.4. The molecule has 0 unspecified atom stereocenters. The fourth-order valence-corrected chi connectivity index (χ4v) is 1.83. The fourth-order valence-electron chi connectivity index (χ4n) is 1.83. The SMILES string of the molecule is CN=C(NCCN(C)CC(F)(F)F)NCc1cc(F)ccc1F. The first-order valence-electron chi connectivity index (χ1n) is 6.85. The summed E-state index contributed by atoms with van der Waals surface area (Å²) in [6, 6.07) is 3.10. The standard InChI is InChI=1S/C14H19F5N4/c1-20-13(21-5-6-23(2)9-14(17,18)19)22-8-10-7-11(15)3-4-12(10)16/h3-4,7H,5-6,8-9H2,1-2H3,(H2,20,21,22). The van der Waals surface area contributed by atoms with Gasteiger partial charge in [-0.2, -0.15) is 13.2 Å². The van der Waals surface area contributed by atoms with Gasteiger partial charge in [0.25, 0.3) is 0 Å². The minimum Gasteiger partial charge on any atom is -0.355 e. The molecule has 0 saturated heterocycles. The molecular weight excluding hydrogens is 319 g/mol. The molecule has 0 saturated carbocycles. The molecule has 2 N–H and O–H groups in total. The molecule has 0 aliphatic carbocycles. The first kappa shape index (κ1) is 19.1. The summed E-state index contributed by atoms with van der Waals surface area (Å²) >= 11 is 0. The van der Waals surface area contributed by atoms with Gasteiger partial charge in [0.2, 0.25) is 0 Å². The Bertz CT molecular complexity index is 530. The molecule has 1 aromatic carbocycles. The molecule has 0 atom stereocenters. The predicted octanol–water partition coefficient (Wildman–Crippen LogP) is 2.12. The smallest absolute Gasteiger partial charge is 0.355 e. The quantitative estimate of drug-likeness (QED) is 0.474. The van der Waals surface area contributed by atoms with Crippen LogP contribution in [0.5, 0.6) is 0 Å². The third kappa shape index (κ3) is 7.78. The van der Waals surface area contributed by atoms with Crippen LogP contribution < -0.4 is 10.6 Å². The second-order valence-electron chi connectivity index (χ2n) is 4.94. The number of nitrogens with zero attached hydrogens (tertiary/aromatic N) is 2. The van der Waals surface area contributed by atoms with Crippen molar-refractivity contribution in [1.82, 2.24) is 15.5 Å². The fraction of sp³-hybridized carbons (Fsp3) is 0.500. The van der Waals surface area contributed by atoms with Gasteiger partial charge in [-0.15, -0.1) is 0 Å². The summed E-state index contributed by atoms with van der Waals surface area (Å²) in [6.45, 7) is -0.636. The Balaban J connectivity index is 2.39. The van der Waals surface area contributed by atoms with Crippen LogP contribution in [0, 0.1) is 11.6 Å². The van der Waals surface area contributed by atoms with Gasteiger partial charge in [-0.25, -0.2) is 8.78 Å². The van der Waals surface area contributed by atoms with Crippen LogP contribution in [-0.2, 0) is 6.54 Å². The van der Waals surface area contributed by atoms with Crippen molar-refractivity contribution >= 4 is 5.96 Å². The number of aliphatic imine (C=N–C) groups is 1. The molecule has 0 bridgehead atoms. The third-order valence-electron chi connectivity index (χ3n) is 2.91. The van der Waals surface area contributed by atoms with Crippen molar-refractivity contribution in [2.75, 3.05) is 33.7 Å². The molecule has 23 heavy (non-hydrogen) atoms. The summed E-state index contributed by atoms with van der Waals surface area (Å²) < 4.78 is 63.0. The van der Waals surface area contributed by atoms with E-state index in [2.05, 4.69) is 15.6 Å². The van der Waals surface area contributed by atoms with Gasteiger partial charge in [-0.05, 0) is 25.2 Å². The summed E-state index contributed by atoms with van der Waals surface area (Å²) in [6.07, 6.45) is -4.25. The number of hydrogen-bond donors (Lipinski definition) is 2. The lowest BCUT2D eigenvalue weighted by atomic mass is 10.2. The monoisotopic (exact) mass is 338 g/mol. The van der Waals surface area contributed by atoms with Crippen LogP contribution >= 0.6 is 0 Å². The predicted molar refractivity (Wildman–Crippen MR) is 78.1 cm³/mol. The Kier molecular flexibility index (Phi) is 7.21. The minimum absolute atomic E-state index is 0.00164. The van der Waals surface area contributed by atoms with Crippen molar-refractivity contribution in [3.8, 4) is 0 Å². The Morgan fingerprint density at radius 3 is 2.52 bits per heavy atom. The number of alkyl halides is 3. The zero-order chi connectivity index (χ0) is 17.5. The number of halogens is 5. The number of rotatable bonds is 6. The average molecular weight is 338 g/mol. The first-order valence-corrected chi connectivity index (χ1v) is 6.85. The highest BCUT2D eigenvalue weighted by Gasteiger charge is 2.28. The van der Waals surface area contributed by atoms with E-state index in [0.717, 1.165) is 23.1 Å². The highest BCUT2D eigenvalue weighted by molar-refractivity contribution is 5.79. The van der Waals surface area contributed by atoms with E-state index in [1.165, 1.54) is 14.1 Å². The summed E-state index contributed by atoms with van der Waals surface area (Å²) in [4.78, 5) is 4.98. The Morgan fingerprint density at radius 1 is 1.22 bits per heavy atom. The molecule has 1 aromatic rings. The maximum Gasteiger partial charge on any atom is 0.401 e. The Labute approximate surface area is 131 Å². The van der Waals surface area contributed by atoms with Crippen molar-refractivity contribution in [2.24, 2.45) is 4.99 Å². The van der Waals surface area contributed by atoms with Crippen molar-refractivity contribution in [3.05, 3.63) is 35.4 Å². The lowest BCUT2D eigenvalue weighted by molar-refractivity contribution is -0.142. The van der Waals surface area contributed by atoms with E-state index in [1.807, 2.05) is 0 Å². The Morgan fingerprint density at radius 2 is 1.91 bits per heavy atom. The minimum atomic E-state index is -4.25. The van der Waals surface area contributed by atoms with Crippen LogP contribution in [0.4, 0.5) is 22.0 Å². The van der Waals surface area contributed by atoms with Crippen molar-refractivity contribution < 1.29 is 22.0 Å². The molecule has 9 heteroatoms. The van der Waals surface area contributed by atoms with Crippen LogP contribution in [0.2, 0.25) is 0 Å². The van der Waals surface area contributed by atoms with Gasteiger partial charge >= 0.3 is 6.18 Å². The molecule has 0 aromatic heterocycles. The Hall–Kier alpha value is -1.90. The third-order valence-corrected chi connectivity index (χ3v) is 2.91. The molecular formula is C14H19F5N4. The van der Waals surface area contributed by atoms with Crippen LogP contribution in [0.25, 0.3) is 0 Å². The summed E-state index contributed by atoms with van der Waals surface area (Å²) in [5.41, 5.74) is 0.127. The molecule has 0 radical (unpaired) electrons. The summed E-state index contributed by atoms with van der Waals surface area (Å²) in [5, 5.41) is 5.57. The van der Waals surface area contributed by atoms with E-state index in [1.54, 1.807) is 0 Å². The number of likely N-dealkylation sites (N-methyl/N-ethyl adjacent to an activating group) is 1. The molecule has 0 aliphatic rings. The molecule has 1 rings (SSSR count). The molecule has 0 amide bonds. The van der Waals surface area contributed by atoms with Crippen molar-refractivity contribution in [2.45, 2.75) is 12.7 Å². The maximum absolute atomic E-state index is 13.5. The lowest BCUT2D eigenvalue weighted by Gasteiger charge is -2.19. The van der Waals surface area contributed by atoms with Gasteiger partial charge in [-0.1, -0.05) is 0 Å². The van der Waals surface area contributed by atoms with E-state index in [9.17, 15) is 22.0 Å². The normalized spacial score (nSPS) is 12.6. The van der Waals surface area contributed by atoms with Gasteiger partial charge in [0, 0.05) is 32.2 Å². The van der Waals surface area contributed by atoms with Crippen LogP contribution in [0.3, 0.4) is 0 Å². The van der Waals surface area contributed by atoms with E-state index in [4.69, 9.17) is 0 Å². The zero-order valence-corrected chi connectivity index (χ0v) is 12.8. The van der Waals surface area contributed by atoms with E-state index in [-0.39, 0.29) is 31.2 Å². The van der Waals surface area contributed by atoms with E-state index >= 15 is 0 Å². The van der Waals surface area contributed by atoms with Crippen molar-refractivity contribution in [3.63, 3.8) is 0 Å². The molecule has 0 fully saturated rings. The first-order chi connectivity index (χ1) is 10.7. The summed E-state index contributed by atoms with van der Waals surface area (Å²) in [5.74, 6) is -0.826. The maximum atomic E-state index is 13.5. The summed E-state index contributed by atoms with van der Waals surface area (Å²) in [7, 11) is 2.82. The number of nitrogens with one attached hydrogen (secondary N) is 2. The van der Waals surface area contributed by atoms with Crippen LogP contribution in [-0.4, -0.2) is 50.8 Å². The topological polar surface area (TPSA) is 39.7 Å². The highest BCUT2D eigenvalue weighted by Crippen LogP contribution is 2.15. The molecule has 4 nitrogen and oxygen atoms in total. The zero-order valence-electron chi connectivity index (χ0n) is 12.8. The second-order valence-corrected chi connectivity index (χ2v) is 4.94. The number of benzene rings is 1. The van der Waals surface area contributed by atoms with E-state index < -0.39 is 24.4 Å². The molecule has 0 heterocycles. The van der Waals surface area contributed by atoms with Gasteiger partial charge in [0.05, 0.1) is 6.54 Å². The number of guanidine groups is 1.